The van der Waals surface area contributed by atoms with Crippen molar-refractivity contribution in [3.63, 3.8) is 0 Å². The zero-order valence-electron chi connectivity index (χ0n) is 11.4. The van der Waals surface area contributed by atoms with Crippen LogP contribution in [0.3, 0.4) is 0 Å². The van der Waals surface area contributed by atoms with E-state index in [2.05, 4.69) is 12.2 Å². The predicted octanol–water partition coefficient (Wildman–Crippen LogP) is 3.59. The fourth-order valence-electron chi connectivity index (χ4n) is 2.84. The summed E-state index contributed by atoms with van der Waals surface area (Å²) in [6.45, 7) is 2.19. The summed E-state index contributed by atoms with van der Waals surface area (Å²) >= 11 is 0. The summed E-state index contributed by atoms with van der Waals surface area (Å²) in [5, 5.41) is 14.3. The average molecular weight is 264 g/mol. The highest BCUT2D eigenvalue weighted by molar-refractivity contribution is 5.62. The van der Waals surface area contributed by atoms with Gasteiger partial charge in [-0.25, -0.2) is 0 Å². The number of nitrogens with one attached hydrogen (secondary N) is 1. The smallest absolute Gasteiger partial charge is 0.271 e. The third-order valence-corrected chi connectivity index (χ3v) is 3.92. The summed E-state index contributed by atoms with van der Waals surface area (Å²) < 4.78 is 5.27. The van der Waals surface area contributed by atoms with E-state index in [0.717, 1.165) is 18.5 Å². The van der Waals surface area contributed by atoms with Crippen molar-refractivity contribution in [2.45, 2.75) is 38.6 Å². The van der Waals surface area contributed by atoms with Crippen LogP contribution in [0.5, 0.6) is 5.75 Å². The van der Waals surface area contributed by atoms with Crippen LogP contribution in [0.4, 0.5) is 11.4 Å². The Balaban J connectivity index is 2.22. The quantitative estimate of drug-likeness (QED) is 0.652. The molecule has 1 aromatic rings. The van der Waals surface area contributed by atoms with Gasteiger partial charge in [-0.05, 0) is 24.8 Å². The molecule has 1 saturated carbocycles. The summed E-state index contributed by atoms with van der Waals surface area (Å²) in [5.41, 5.74) is 0.816. The van der Waals surface area contributed by atoms with Crippen LogP contribution in [0.2, 0.25) is 0 Å². The first kappa shape index (κ1) is 13.6. The van der Waals surface area contributed by atoms with Gasteiger partial charge in [-0.2, -0.15) is 0 Å². The number of nitro benzene ring substituents is 1. The molecule has 5 heteroatoms. The van der Waals surface area contributed by atoms with Gasteiger partial charge >= 0.3 is 0 Å². The lowest BCUT2D eigenvalue weighted by Crippen LogP contribution is -2.23. The Labute approximate surface area is 113 Å². The highest BCUT2D eigenvalue weighted by Crippen LogP contribution is 2.35. The second-order valence-electron chi connectivity index (χ2n) is 4.99. The van der Waals surface area contributed by atoms with Crippen LogP contribution in [-0.4, -0.2) is 18.1 Å². The molecule has 19 heavy (non-hydrogen) atoms. The van der Waals surface area contributed by atoms with Crippen molar-refractivity contribution in [2.75, 3.05) is 12.4 Å². The SMILES string of the molecule is CCC1CCCC1Nc1cc([N+](=O)[O-])ccc1OC. The summed E-state index contributed by atoms with van der Waals surface area (Å²) in [6.07, 6.45) is 4.69. The van der Waals surface area contributed by atoms with E-state index < -0.39 is 0 Å². The Kier molecular flexibility index (Phi) is 4.24. The summed E-state index contributed by atoms with van der Waals surface area (Å²) in [6, 6.07) is 5.07. The van der Waals surface area contributed by atoms with Crippen LogP contribution >= 0.6 is 0 Å². The minimum Gasteiger partial charge on any atom is -0.495 e. The maximum absolute atomic E-state index is 10.8. The monoisotopic (exact) mass is 264 g/mol. The zero-order chi connectivity index (χ0) is 13.8. The van der Waals surface area contributed by atoms with Gasteiger partial charge in [0.1, 0.15) is 5.75 Å². The van der Waals surface area contributed by atoms with Crippen molar-refractivity contribution in [3.8, 4) is 5.75 Å². The number of non-ortho nitro benzene ring substituents is 1. The number of hydrogen-bond acceptors (Lipinski definition) is 4. The number of hydrogen-bond donors (Lipinski definition) is 1. The van der Waals surface area contributed by atoms with E-state index in [0.29, 0.717) is 17.7 Å². The van der Waals surface area contributed by atoms with Gasteiger partial charge in [0, 0.05) is 18.2 Å². The Morgan fingerprint density at radius 2 is 2.26 bits per heavy atom. The van der Waals surface area contributed by atoms with Crippen LogP contribution in [0.15, 0.2) is 18.2 Å². The van der Waals surface area contributed by atoms with Crippen molar-refractivity contribution in [1.82, 2.24) is 0 Å². The predicted molar refractivity (Wildman–Crippen MR) is 74.7 cm³/mol. The first-order valence-corrected chi connectivity index (χ1v) is 6.74. The Morgan fingerprint density at radius 1 is 1.47 bits per heavy atom. The van der Waals surface area contributed by atoms with Crippen molar-refractivity contribution in [2.24, 2.45) is 5.92 Å². The molecule has 0 radical (unpaired) electrons. The van der Waals surface area contributed by atoms with Gasteiger partial charge in [0.25, 0.3) is 5.69 Å². The molecule has 2 rings (SSSR count). The highest BCUT2D eigenvalue weighted by Gasteiger charge is 2.26. The molecular formula is C14H20N2O3. The van der Waals surface area contributed by atoms with E-state index in [-0.39, 0.29) is 10.6 Å². The van der Waals surface area contributed by atoms with E-state index in [9.17, 15) is 10.1 Å². The maximum atomic E-state index is 10.8. The third-order valence-electron chi connectivity index (χ3n) is 3.92. The topological polar surface area (TPSA) is 64.4 Å². The maximum Gasteiger partial charge on any atom is 0.271 e. The lowest BCUT2D eigenvalue weighted by molar-refractivity contribution is -0.384. The molecule has 0 aromatic heterocycles. The van der Waals surface area contributed by atoms with Crippen LogP contribution in [0.1, 0.15) is 32.6 Å². The molecule has 2 unspecified atom stereocenters. The van der Waals surface area contributed by atoms with Gasteiger partial charge in [-0.1, -0.05) is 19.8 Å². The number of benzene rings is 1. The normalized spacial score (nSPS) is 22.2. The summed E-state index contributed by atoms with van der Waals surface area (Å²) in [5.74, 6) is 1.30. The molecule has 1 aliphatic carbocycles. The fraction of sp³-hybridized carbons (Fsp3) is 0.571. The van der Waals surface area contributed by atoms with Crippen LogP contribution in [-0.2, 0) is 0 Å². The van der Waals surface area contributed by atoms with Gasteiger partial charge < -0.3 is 10.1 Å². The van der Waals surface area contributed by atoms with E-state index in [1.54, 1.807) is 19.2 Å². The Bertz CT molecular complexity index is 462. The molecule has 0 aliphatic heterocycles. The van der Waals surface area contributed by atoms with Crippen molar-refractivity contribution in [3.05, 3.63) is 28.3 Å². The molecule has 5 nitrogen and oxygen atoms in total. The van der Waals surface area contributed by atoms with Gasteiger partial charge in [-0.3, -0.25) is 10.1 Å². The first-order chi connectivity index (χ1) is 9.15. The molecule has 1 N–H and O–H groups in total. The lowest BCUT2D eigenvalue weighted by atomic mass is 10.0. The summed E-state index contributed by atoms with van der Waals surface area (Å²) in [4.78, 5) is 10.5. The van der Waals surface area contributed by atoms with Crippen molar-refractivity contribution >= 4 is 11.4 Å². The largest absolute Gasteiger partial charge is 0.495 e. The molecule has 104 valence electrons. The second-order valence-corrected chi connectivity index (χ2v) is 4.99. The molecule has 0 bridgehead atoms. The minimum atomic E-state index is -0.378. The molecule has 0 spiro atoms. The number of methoxy groups -OCH3 is 1. The van der Waals surface area contributed by atoms with Crippen molar-refractivity contribution < 1.29 is 9.66 Å². The van der Waals surface area contributed by atoms with Crippen LogP contribution in [0, 0.1) is 16.0 Å². The molecule has 0 heterocycles. The molecular weight excluding hydrogens is 244 g/mol. The number of ether oxygens (including phenoxy) is 1. The van der Waals surface area contributed by atoms with Gasteiger partial charge in [0.2, 0.25) is 0 Å². The van der Waals surface area contributed by atoms with E-state index in [1.165, 1.54) is 18.9 Å². The van der Waals surface area contributed by atoms with Gasteiger partial charge in [0.15, 0.2) is 0 Å². The fourth-order valence-corrected chi connectivity index (χ4v) is 2.84. The molecule has 0 saturated heterocycles. The average Bonchev–Trinajstić information content (AvgIpc) is 2.85. The van der Waals surface area contributed by atoms with Crippen molar-refractivity contribution in [1.29, 1.82) is 0 Å². The first-order valence-electron chi connectivity index (χ1n) is 6.74. The van der Waals surface area contributed by atoms with Gasteiger partial charge in [-0.15, -0.1) is 0 Å². The lowest BCUT2D eigenvalue weighted by Gasteiger charge is -2.22. The number of nitrogens with zero attached hydrogens (tertiary/aromatic N) is 1. The van der Waals surface area contributed by atoms with E-state index in [4.69, 9.17) is 4.74 Å². The molecule has 1 aromatic carbocycles. The molecule has 1 aliphatic rings. The minimum absolute atomic E-state index is 0.0920. The molecule has 1 fully saturated rings. The number of rotatable bonds is 5. The number of nitro groups is 1. The molecule has 0 amide bonds. The molecule has 2 atom stereocenters. The highest BCUT2D eigenvalue weighted by atomic mass is 16.6. The third kappa shape index (κ3) is 2.97. The van der Waals surface area contributed by atoms with E-state index >= 15 is 0 Å². The zero-order valence-corrected chi connectivity index (χ0v) is 11.4. The Hall–Kier alpha value is -1.78. The standard InChI is InChI=1S/C14H20N2O3/c1-3-10-5-4-6-12(10)15-13-9-11(16(17)18)7-8-14(13)19-2/h7-10,12,15H,3-6H2,1-2H3. The summed E-state index contributed by atoms with van der Waals surface area (Å²) in [7, 11) is 1.58. The van der Waals surface area contributed by atoms with Crippen LogP contribution < -0.4 is 10.1 Å². The van der Waals surface area contributed by atoms with Gasteiger partial charge in [0.05, 0.1) is 17.7 Å². The second kappa shape index (κ2) is 5.91. The Morgan fingerprint density at radius 3 is 2.89 bits per heavy atom. The van der Waals surface area contributed by atoms with Crippen LogP contribution in [0.25, 0.3) is 0 Å². The number of anilines is 1. The van der Waals surface area contributed by atoms with E-state index in [1.807, 2.05) is 0 Å².